The zero-order valence-electron chi connectivity index (χ0n) is 13.8. The summed E-state index contributed by atoms with van der Waals surface area (Å²) < 4.78 is 64.3. The number of hydrogen-bond acceptors (Lipinski definition) is 6. The first-order valence-corrected chi connectivity index (χ1v) is 10.2. The molecule has 146 valence electrons. The Bertz CT molecular complexity index is 911. The monoisotopic (exact) mass is 420 g/mol. The van der Waals surface area contributed by atoms with Gasteiger partial charge in [0.15, 0.2) is 5.01 Å². The summed E-state index contributed by atoms with van der Waals surface area (Å²) in [5.74, 6) is -1.41. The minimum atomic E-state index is -3.76. The van der Waals surface area contributed by atoms with Gasteiger partial charge in [-0.05, 0) is 37.1 Å². The van der Waals surface area contributed by atoms with Crippen molar-refractivity contribution in [3.05, 3.63) is 35.1 Å². The lowest BCUT2D eigenvalue weighted by molar-refractivity contribution is -0.120. The molecule has 12 heteroatoms. The number of hydrogen-bond donors (Lipinski definition) is 1. The number of sulfonamides is 1. The normalized spacial score (nSPS) is 16.6. The quantitative estimate of drug-likeness (QED) is 0.803. The van der Waals surface area contributed by atoms with Gasteiger partial charge >= 0.3 is 0 Å². The third-order valence-corrected chi connectivity index (χ3v) is 6.89. The number of nitrogens with zero attached hydrogens (tertiary/aromatic N) is 3. The predicted molar refractivity (Wildman–Crippen MR) is 91.4 cm³/mol. The Hall–Kier alpha value is -2.05. The van der Waals surface area contributed by atoms with Crippen LogP contribution in [-0.2, 0) is 14.8 Å². The molecule has 27 heavy (non-hydrogen) atoms. The number of nitrogens with one attached hydrogen (secondary N) is 1. The maximum atomic E-state index is 13.0. The standard InChI is InChI=1S/C15H15F3N4O3S2/c16-10-1-3-11(4-2-10)27(24,25)22-7-5-9(6-8-22)13(23)19-15-21-20-14(26-15)12(17)18/h1-4,9,12H,5-8H2,(H,19,21,23). The second-order valence-electron chi connectivity index (χ2n) is 5.87. The molecule has 1 amide bonds. The van der Waals surface area contributed by atoms with Gasteiger partial charge in [-0.3, -0.25) is 4.79 Å². The number of benzene rings is 1. The molecule has 0 unspecified atom stereocenters. The number of carbonyl (C=O) groups is 1. The summed E-state index contributed by atoms with van der Waals surface area (Å²) in [7, 11) is -3.76. The molecule has 7 nitrogen and oxygen atoms in total. The van der Waals surface area contributed by atoms with Gasteiger partial charge in [-0.2, -0.15) is 4.31 Å². The van der Waals surface area contributed by atoms with Crippen LogP contribution in [-0.4, -0.2) is 41.9 Å². The molecule has 1 aliphatic heterocycles. The molecule has 1 saturated heterocycles. The minimum Gasteiger partial charge on any atom is -0.300 e. The van der Waals surface area contributed by atoms with Crippen LogP contribution in [0, 0.1) is 11.7 Å². The van der Waals surface area contributed by atoms with Crippen molar-refractivity contribution in [3.63, 3.8) is 0 Å². The zero-order valence-corrected chi connectivity index (χ0v) is 15.4. The number of anilines is 1. The first-order valence-electron chi connectivity index (χ1n) is 7.95. The molecular formula is C15H15F3N4O3S2. The number of aromatic nitrogens is 2. The topological polar surface area (TPSA) is 92.3 Å². The first-order chi connectivity index (χ1) is 12.8. The summed E-state index contributed by atoms with van der Waals surface area (Å²) >= 11 is 0.595. The third kappa shape index (κ3) is 4.45. The molecule has 1 N–H and O–H groups in total. The number of halogens is 3. The highest BCUT2D eigenvalue weighted by atomic mass is 32.2. The number of alkyl halides is 2. The molecule has 0 spiro atoms. The van der Waals surface area contributed by atoms with E-state index in [0.717, 1.165) is 12.1 Å². The maximum Gasteiger partial charge on any atom is 0.291 e. The van der Waals surface area contributed by atoms with Crippen LogP contribution >= 0.6 is 11.3 Å². The molecule has 2 heterocycles. The van der Waals surface area contributed by atoms with Crippen LogP contribution in [0.4, 0.5) is 18.3 Å². The summed E-state index contributed by atoms with van der Waals surface area (Å²) in [6.07, 6.45) is -2.22. The van der Waals surface area contributed by atoms with Crippen LogP contribution in [0.25, 0.3) is 0 Å². The Morgan fingerprint density at radius 1 is 1.19 bits per heavy atom. The highest BCUT2D eigenvalue weighted by Gasteiger charge is 2.32. The molecule has 0 bridgehead atoms. The molecule has 1 aromatic carbocycles. The summed E-state index contributed by atoms with van der Waals surface area (Å²) in [5.41, 5.74) is 0. The van der Waals surface area contributed by atoms with Gasteiger partial charge in [0, 0.05) is 19.0 Å². The molecule has 1 fully saturated rings. The van der Waals surface area contributed by atoms with Gasteiger partial charge in [0.2, 0.25) is 21.1 Å². The summed E-state index contributed by atoms with van der Waals surface area (Å²) in [6.45, 7) is 0.242. The summed E-state index contributed by atoms with van der Waals surface area (Å²) in [5, 5.41) is 8.72. The van der Waals surface area contributed by atoms with E-state index in [2.05, 4.69) is 15.5 Å². The first kappa shape index (κ1) is 19.7. The van der Waals surface area contributed by atoms with Gasteiger partial charge in [0.05, 0.1) is 4.90 Å². The van der Waals surface area contributed by atoms with E-state index in [1.165, 1.54) is 16.4 Å². The van der Waals surface area contributed by atoms with E-state index >= 15 is 0 Å². The Kier molecular flexibility index (Phi) is 5.77. The molecule has 1 aliphatic rings. The largest absolute Gasteiger partial charge is 0.300 e. The molecule has 0 saturated carbocycles. The van der Waals surface area contributed by atoms with E-state index in [1.807, 2.05) is 0 Å². The van der Waals surface area contributed by atoms with Crippen molar-refractivity contribution in [1.82, 2.24) is 14.5 Å². The van der Waals surface area contributed by atoms with Gasteiger partial charge in [-0.1, -0.05) is 11.3 Å². The number of rotatable bonds is 5. The molecular weight excluding hydrogens is 405 g/mol. The number of carbonyl (C=O) groups excluding carboxylic acids is 1. The lowest BCUT2D eigenvalue weighted by Gasteiger charge is -2.30. The average Bonchev–Trinajstić information content (AvgIpc) is 3.11. The minimum absolute atomic E-state index is 0.0137. The van der Waals surface area contributed by atoms with Crippen molar-refractivity contribution in [1.29, 1.82) is 0 Å². The number of piperidine rings is 1. The van der Waals surface area contributed by atoms with Crippen molar-refractivity contribution in [2.45, 2.75) is 24.2 Å². The van der Waals surface area contributed by atoms with Crippen molar-refractivity contribution < 1.29 is 26.4 Å². The Balaban J connectivity index is 1.59. The second kappa shape index (κ2) is 7.90. The van der Waals surface area contributed by atoms with E-state index in [-0.39, 0.29) is 36.0 Å². The molecule has 0 atom stereocenters. The van der Waals surface area contributed by atoms with Gasteiger partial charge in [0.25, 0.3) is 6.43 Å². The van der Waals surface area contributed by atoms with Gasteiger partial charge in [0.1, 0.15) is 5.82 Å². The van der Waals surface area contributed by atoms with E-state index < -0.39 is 39.1 Å². The summed E-state index contributed by atoms with van der Waals surface area (Å²) in [6, 6.07) is 4.53. The van der Waals surface area contributed by atoms with Gasteiger partial charge in [-0.25, -0.2) is 21.6 Å². The van der Waals surface area contributed by atoms with Crippen LogP contribution < -0.4 is 5.32 Å². The summed E-state index contributed by atoms with van der Waals surface area (Å²) in [4.78, 5) is 12.2. The Labute approximate surface area is 157 Å². The van der Waals surface area contributed by atoms with Crippen molar-refractivity contribution >= 4 is 32.4 Å². The van der Waals surface area contributed by atoms with Crippen molar-refractivity contribution in [3.8, 4) is 0 Å². The predicted octanol–water partition coefficient (Wildman–Crippen LogP) is 2.65. The lowest BCUT2D eigenvalue weighted by Crippen LogP contribution is -2.41. The third-order valence-electron chi connectivity index (χ3n) is 4.13. The fourth-order valence-corrected chi connectivity index (χ4v) is 4.77. The molecule has 0 aliphatic carbocycles. The fourth-order valence-electron chi connectivity index (χ4n) is 2.69. The highest BCUT2D eigenvalue weighted by Crippen LogP contribution is 2.28. The highest BCUT2D eigenvalue weighted by molar-refractivity contribution is 7.89. The van der Waals surface area contributed by atoms with Crippen LogP contribution in [0.1, 0.15) is 24.3 Å². The van der Waals surface area contributed by atoms with Crippen molar-refractivity contribution in [2.75, 3.05) is 18.4 Å². The van der Waals surface area contributed by atoms with Crippen LogP contribution in [0.5, 0.6) is 0 Å². The Morgan fingerprint density at radius 2 is 1.81 bits per heavy atom. The van der Waals surface area contributed by atoms with Crippen molar-refractivity contribution in [2.24, 2.45) is 5.92 Å². The van der Waals surface area contributed by atoms with E-state index in [0.29, 0.717) is 11.3 Å². The molecule has 1 aromatic heterocycles. The lowest BCUT2D eigenvalue weighted by atomic mass is 9.97. The fraction of sp³-hybridized carbons (Fsp3) is 0.400. The second-order valence-corrected chi connectivity index (χ2v) is 8.81. The molecule has 2 aromatic rings. The van der Waals surface area contributed by atoms with Gasteiger partial charge < -0.3 is 5.32 Å². The molecule has 0 radical (unpaired) electrons. The molecule has 3 rings (SSSR count). The van der Waals surface area contributed by atoms with Gasteiger partial charge in [-0.15, -0.1) is 10.2 Å². The smallest absolute Gasteiger partial charge is 0.291 e. The van der Waals surface area contributed by atoms with Crippen LogP contribution in [0.15, 0.2) is 29.2 Å². The van der Waals surface area contributed by atoms with E-state index in [9.17, 15) is 26.4 Å². The van der Waals surface area contributed by atoms with E-state index in [4.69, 9.17) is 0 Å². The number of amides is 1. The zero-order chi connectivity index (χ0) is 19.6. The van der Waals surface area contributed by atoms with Crippen LogP contribution in [0.2, 0.25) is 0 Å². The SMILES string of the molecule is O=C(Nc1nnc(C(F)F)s1)C1CCN(S(=O)(=O)c2ccc(F)cc2)CC1. The average molecular weight is 420 g/mol. The Morgan fingerprint density at radius 3 is 2.37 bits per heavy atom. The van der Waals surface area contributed by atoms with E-state index in [1.54, 1.807) is 0 Å². The maximum absolute atomic E-state index is 13.0. The van der Waals surface area contributed by atoms with Crippen LogP contribution in [0.3, 0.4) is 0 Å².